The number of likely N-dealkylation sites (N-methyl/N-ethyl adjacent to an activating group) is 1. The number of nitrogens with zero attached hydrogens (tertiary/aromatic N) is 3. The molecule has 1 aromatic heterocycles. The van der Waals surface area contributed by atoms with Crippen LogP contribution in [-0.2, 0) is 6.54 Å². The number of halogens is 1. The fourth-order valence-electron chi connectivity index (χ4n) is 2.96. The summed E-state index contributed by atoms with van der Waals surface area (Å²) in [5, 5.41) is 3.14. The Hall–Kier alpha value is -2.11. The van der Waals surface area contributed by atoms with Crippen LogP contribution in [0.1, 0.15) is 12.0 Å². The van der Waals surface area contributed by atoms with E-state index in [4.69, 9.17) is 11.6 Å². The van der Waals surface area contributed by atoms with Gasteiger partial charge in [0.2, 0.25) is 0 Å². The van der Waals surface area contributed by atoms with E-state index in [1.165, 1.54) is 5.56 Å². The Balaban J connectivity index is 1.55. The Labute approximate surface area is 147 Å². The third kappa shape index (κ3) is 4.04. The molecular weight excluding hydrogens is 324 g/mol. The lowest BCUT2D eigenvalue weighted by atomic mass is 10.1. The highest BCUT2D eigenvalue weighted by atomic mass is 35.5. The van der Waals surface area contributed by atoms with Crippen molar-refractivity contribution in [3.05, 3.63) is 59.4 Å². The van der Waals surface area contributed by atoms with Crippen LogP contribution in [0.3, 0.4) is 0 Å². The van der Waals surface area contributed by atoms with Crippen molar-refractivity contribution in [2.75, 3.05) is 25.5 Å². The van der Waals surface area contributed by atoms with E-state index >= 15 is 0 Å². The van der Waals surface area contributed by atoms with Crippen LogP contribution in [0.4, 0.5) is 10.5 Å². The molecule has 2 heterocycles. The van der Waals surface area contributed by atoms with Gasteiger partial charge < -0.3 is 10.2 Å². The van der Waals surface area contributed by atoms with Gasteiger partial charge in [-0.25, -0.2) is 9.78 Å². The molecule has 1 aromatic carbocycles. The molecule has 24 heavy (non-hydrogen) atoms. The maximum Gasteiger partial charge on any atom is 0.321 e. The predicted octanol–water partition coefficient (Wildman–Crippen LogP) is 3.47. The summed E-state index contributed by atoms with van der Waals surface area (Å²) in [6, 6.07) is 14.1. The smallest absolute Gasteiger partial charge is 0.321 e. The van der Waals surface area contributed by atoms with Crippen molar-refractivity contribution >= 4 is 23.3 Å². The number of aromatic nitrogens is 1. The van der Waals surface area contributed by atoms with E-state index in [0.29, 0.717) is 23.4 Å². The van der Waals surface area contributed by atoms with Gasteiger partial charge in [-0.2, -0.15) is 0 Å². The van der Waals surface area contributed by atoms with E-state index < -0.39 is 0 Å². The highest BCUT2D eigenvalue weighted by molar-refractivity contribution is 6.32. The predicted molar refractivity (Wildman–Crippen MR) is 96.2 cm³/mol. The van der Waals surface area contributed by atoms with Crippen molar-refractivity contribution in [3.63, 3.8) is 0 Å². The van der Waals surface area contributed by atoms with Crippen LogP contribution in [0.25, 0.3) is 0 Å². The third-order valence-corrected chi connectivity index (χ3v) is 4.65. The summed E-state index contributed by atoms with van der Waals surface area (Å²) in [4.78, 5) is 20.5. The third-order valence-electron chi connectivity index (χ3n) is 4.35. The first-order valence-corrected chi connectivity index (χ1v) is 8.42. The first-order valence-electron chi connectivity index (χ1n) is 8.04. The molecule has 1 N–H and O–H groups in total. The molecule has 5 nitrogen and oxygen atoms in total. The number of carbonyl (C=O) groups excluding carboxylic acids is 1. The fourth-order valence-corrected chi connectivity index (χ4v) is 3.13. The van der Waals surface area contributed by atoms with Gasteiger partial charge in [-0.3, -0.25) is 4.90 Å². The molecule has 1 atom stereocenters. The average Bonchev–Trinajstić information content (AvgIpc) is 3.08. The molecule has 1 aliphatic heterocycles. The molecule has 3 rings (SSSR count). The van der Waals surface area contributed by atoms with Crippen LogP contribution in [-0.4, -0.2) is 47.0 Å². The van der Waals surface area contributed by atoms with Gasteiger partial charge in [-0.05, 0) is 31.2 Å². The van der Waals surface area contributed by atoms with Gasteiger partial charge in [0, 0.05) is 31.9 Å². The number of benzene rings is 1. The van der Waals surface area contributed by atoms with Crippen molar-refractivity contribution in [2.45, 2.75) is 19.0 Å². The SMILES string of the molecule is CN(Cc1ccccc1)[C@H]1CCN(C(=O)Nc2cccnc2Cl)C1. The molecule has 0 radical (unpaired) electrons. The van der Waals surface area contributed by atoms with Crippen LogP contribution in [0, 0.1) is 0 Å². The topological polar surface area (TPSA) is 48.5 Å². The molecule has 1 fully saturated rings. The zero-order chi connectivity index (χ0) is 16.9. The molecule has 6 heteroatoms. The number of hydrogen-bond donors (Lipinski definition) is 1. The van der Waals surface area contributed by atoms with Crippen LogP contribution < -0.4 is 5.32 Å². The standard InChI is InChI=1S/C18H21ClN4O/c1-22(12-14-6-3-2-4-7-14)15-9-11-23(13-15)18(24)21-16-8-5-10-20-17(16)19/h2-8,10,15H,9,11-13H2,1H3,(H,21,24)/t15-/m0/s1. The average molecular weight is 345 g/mol. The molecule has 126 valence electrons. The minimum Gasteiger partial charge on any atom is -0.323 e. The van der Waals surface area contributed by atoms with Gasteiger partial charge in [0.25, 0.3) is 0 Å². The number of nitrogens with one attached hydrogen (secondary N) is 1. The quantitative estimate of drug-likeness (QED) is 0.864. The van der Waals surface area contributed by atoms with E-state index in [9.17, 15) is 4.79 Å². The number of hydrogen-bond acceptors (Lipinski definition) is 3. The van der Waals surface area contributed by atoms with Crippen LogP contribution >= 0.6 is 11.6 Å². The van der Waals surface area contributed by atoms with E-state index in [2.05, 4.69) is 46.5 Å². The summed E-state index contributed by atoms with van der Waals surface area (Å²) in [5.74, 6) is 0. The Kier molecular flexibility index (Phi) is 5.33. The van der Waals surface area contributed by atoms with Gasteiger partial charge in [0.05, 0.1) is 5.69 Å². The zero-order valence-electron chi connectivity index (χ0n) is 13.7. The van der Waals surface area contributed by atoms with Crippen LogP contribution in [0.5, 0.6) is 0 Å². The summed E-state index contributed by atoms with van der Waals surface area (Å²) >= 11 is 5.99. The number of amides is 2. The summed E-state index contributed by atoms with van der Waals surface area (Å²) in [6.45, 7) is 2.34. The van der Waals surface area contributed by atoms with Crippen molar-refractivity contribution in [1.29, 1.82) is 0 Å². The molecule has 2 amide bonds. The Morgan fingerprint density at radius 2 is 2.12 bits per heavy atom. The Morgan fingerprint density at radius 3 is 2.88 bits per heavy atom. The number of urea groups is 1. The van der Waals surface area contributed by atoms with Crippen molar-refractivity contribution in [1.82, 2.24) is 14.8 Å². The van der Waals surface area contributed by atoms with Crippen molar-refractivity contribution in [2.24, 2.45) is 0 Å². The zero-order valence-corrected chi connectivity index (χ0v) is 14.4. The summed E-state index contributed by atoms with van der Waals surface area (Å²) < 4.78 is 0. The lowest BCUT2D eigenvalue weighted by Gasteiger charge is -2.25. The van der Waals surface area contributed by atoms with E-state index in [1.807, 2.05) is 11.0 Å². The lowest BCUT2D eigenvalue weighted by Crippen LogP contribution is -2.38. The molecule has 0 unspecified atom stereocenters. The number of anilines is 1. The monoisotopic (exact) mass is 344 g/mol. The minimum atomic E-state index is -0.125. The van der Waals surface area contributed by atoms with Crippen LogP contribution in [0.15, 0.2) is 48.7 Å². The number of pyridine rings is 1. The van der Waals surface area contributed by atoms with Gasteiger partial charge >= 0.3 is 6.03 Å². The highest BCUT2D eigenvalue weighted by Crippen LogP contribution is 2.21. The number of likely N-dealkylation sites (tertiary alicyclic amines) is 1. The second-order valence-corrected chi connectivity index (χ2v) is 6.42. The molecule has 0 bridgehead atoms. The molecule has 0 aliphatic carbocycles. The molecular formula is C18H21ClN4O. The highest BCUT2D eigenvalue weighted by Gasteiger charge is 2.29. The van der Waals surface area contributed by atoms with Gasteiger partial charge in [-0.15, -0.1) is 0 Å². The van der Waals surface area contributed by atoms with Gasteiger partial charge in [0.15, 0.2) is 5.15 Å². The van der Waals surface area contributed by atoms with Crippen LogP contribution in [0.2, 0.25) is 5.15 Å². The molecule has 2 aromatic rings. The second kappa shape index (κ2) is 7.64. The maximum absolute atomic E-state index is 12.4. The largest absolute Gasteiger partial charge is 0.323 e. The van der Waals surface area contributed by atoms with E-state index in [-0.39, 0.29) is 6.03 Å². The fraction of sp³-hybridized carbons (Fsp3) is 0.333. The Morgan fingerprint density at radius 1 is 1.33 bits per heavy atom. The summed E-state index contributed by atoms with van der Waals surface area (Å²) in [6.07, 6.45) is 2.57. The van der Waals surface area contributed by atoms with Gasteiger partial charge in [-0.1, -0.05) is 41.9 Å². The first-order chi connectivity index (χ1) is 11.6. The number of carbonyl (C=O) groups is 1. The maximum atomic E-state index is 12.4. The number of rotatable bonds is 4. The lowest BCUT2D eigenvalue weighted by molar-refractivity contribution is 0.208. The molecule has 1 saturated heterocycles. The van der Waals surface area contributed by atoms with Crippen molar-refractivity contribution in [3.8, 4) is 0 Å². The molecule has 1 aliphatic rings. The molecule has 0 spiro atoms. The van der Waals surface area contributed by atoms with Gasteiger partial charge in [0.1, 0.15) is 0 Å². The molecule has 0 saturated carbocycles. The van der Waals surface area contributed by atoms with E-state index in [1.54, 1.807) is 18.3 Å². The van der Waals surface area contributed by atoms with Crippen molar-refractivity contribution < 1.29 is 4.79 Å². The van der Waals surface area contributed by atoms with E-state index in [0.717, 1.165) is 19.5 Å². The Bertz CT molecular complexity index is 694. The summed E-state index contributed by atoms with van der Waals surface area (Å²) in [7, 11) is 2.11. The first kappa shape index (κ1) is 16.7. The summed E-state index contributed by atoms with van der Waals surface area (Å²) in [5.41, 5.74) is 1.83. The normalized spacial score (nSPS) is 17.3. The minimum absolute atomic E-state index is 0.125. The second-order valence-electron chi connectivity index (χ2n) is 6.06.